The molecule has 0 fully saturated rings. The number of esters is 1. The lowest BCUT2D eigenvalue weighted by atomic mass is 9.95. The van der Waals surface area contributed by atoms with Crippen LogP contribution >= 0.6 is 22.7 Å². The molecule has 0 amide bonds. The van der Waals surface area contributed by atoms with E-state index in [4.69, 9.17) is 14.2 Å². The fourth-order valence-electron chi connectivity index (χ4n) is 3.44. The van der Waals surface area contributed by atoms with Crippen LogP contribution in [0.4, 0.5) is 10.1 Å². The van der Waals surface area contributed by atoms with Crippen LogP contribution in [0.2, 0.25) is 0 Å². The molecule has 1 N–H and O–H groups in total. The Morgan fingerprint density at radius 1 is 1.19 bits per heavy atom. The van der Waals surface area contributed by atoms with Gasteiger partial charge in [0.15, 0.2) is 16.6 Å². The molecule has 1 aliphatic heterocycles. The number of fused-ring (bicyclic) bond motifs is 3. The van der Waals surface area contributed by atoms with Gasteiger partial charge >= 0.3 is 5.97 Å². The number of thiophene rings is 1. The molecule has 0 saturated carbocycles. The number of nitrogens with zero attached hydrogens (tertiary/aromatic N) is 1. The molecule has 0 spiro atoms. The first kappa shape index (κ1) is 15.9. The van der Waals surface area contributed by atoms with Crippen LogP contribution in [0.15, 0.2) is 12.1 Å². The highest BCUT2D eigenvalue weighted by Crippen LogP contribution is 2.43. The van der Waals surface area contributed by atoms with E-state index in [-0.39, 0.29) is 12.8 Å². The number of carbonyl (C=O) groups is 1. The molecule has 0 bridgehead atoms. The van der Waals surface area contributed by atoms with Gasteiger partial charge in [0.25, 0.3) is 0 Å². The summed E-state index contributed by atoms with van der Waals surface area (Å²) in [4.78, 5) is 18.3. The predicted molar refractivity (Wildman–Crippen MR) is 101 cm³/mol. The van der Waals surface area contributed by atoms with Crippen LogP contribution in [0, 0.1) is 0 Å². The maximum absolute atomic E-state index is 12.4. The quantitative estimate of drug-likeness (QED) is 0.667. The standard InChI is InChI=1S/C18H16N2O4S2/c1-22-17(21)15-9-4-2-3-5-13(9)25-16(15)20-18-19-10-6-11-12(24-8-23-11)7-14(10)26-18/h6-7H,2-5,8H2,1H3,(H,19,20). The lowest BCUT2D eigenvalue weighted by Gasteiger charge is -2.11. The first-order chi connectivity index (χ1) is 12.7. The van der Waals surface area contributed by atoms with Crippen molar-refractivity contribution in [3.05, 3.63) is 28.1 Å². The van der Waals surface area contributed by atoms with Crippen molar-refractivity contribution in [2.75, 3.05) is 19.2 Å². The number of methoxy groups -OCH3 is 1. The summed E-state index contributed by atoms with van der Waals surface area (Å²) in [7, 11) is 1.43. The van der Waals surface area contributed by atoms with E-state index in [1.54, 1.807) is 11.3 Å². The minimum atomic E-state index is -0.284. The molecule has 134 valence electrons. The second-order valence-corrected chi connectivity index (χ2v) is 8.36. The molecule has 8 heteroatoms. The molecule has 2 aliphatic rings. The topological polar surface area (TPSA) is 69.7 Å². The molecule has 3 heterocycles. The smallest absolute Gasteiger partial charge is 0.341 e. The summed E-state index contributed by atoms with van der Waals surface area (Å²) < 4.78 is 16.9. The van der Waals surface area contributed by atoms with Crippen molar-refractivity contribution in [2.24, 2.45) is 0 Å². The van der Waals surface area contributed by atoms with Crippen molar-refractivity contribution in [1.82, 2.24) is 4.98 Å². The zero-order chi connectivity index (χ0) is 17.7. The minimum absolute atomic E-state index is 0.251. The number of aryl methyl sites for hydroxylation is 1. The van der Waals surface area contributed by atoms with Crippen LogP contribution in [-0.2, 0) is 17.6 Å². The van der Waals surface area contributed by atoms with E-state index < -0.39 is 0 Å². The molecular weight excluding hydrogens is 372 g/mol. The van der Waals surface area contributed by atoms with Crippen LogP contribution in [0.1, 0.15) is 33.6 Å². The molecule has 0 radical (unpaired) electrons. The van der Waals surface area contributed by atoms with E-state index in [1.807, 2.05) is 12.1 Å². The van der Waals surface area contributed by atoms with Crippen LogP contribution in [0.25, 0.3) is 10.2 Å². The Morgan fingerprint density at radius 2 is 2.00 bits per heavy atom. The first-order valence-electron chi connectivity index (χ1n) is 8.43. The molecule has 2 aromatic heterocycles. The molecular formula is C18H16N2O4S2. The fourth-order valence-corrected chi connectivity index (χ4v) is 5.66. The van der Waals surface area contributed by atoms with Gasteiger partial charge in [-0.2, -0.15) is 0 Å². The van der Waals surface area contributed by atoms with Gasteiger partial charge in [0.05, 0.1) is 22.9 Å². The van der Waals surface area contributed by atoms with Crippen molar-refractivity contribution >= 4 is 49.0 Å². The maximum atomic E-state index is 12.4. The van der Waals surface area contributed by atoms with Crippen LogP contribution in [0.3, 0.4) is 0 Å². The van der Waals surface area contributed by atoms with Gasteiger partial charge < -0.3 is 19.5 Å². The predicted octanol–water partition coefficient (Wildman–Crippen LogP) is 4.50. The monoisotopic (exact) mass is 388 g/mol. The highest BCUT2D eigenvalue weighted by Gasteiger charge is 2.26. The number of aromatic nitrogens is 1. The third-order valence-corrected chi connectivity index (χ3v) is 6.80. The lowest BCUT2D eigenvalue weighted by molar-refractivity contribution is 0.0601. The summed E-state index contributed by atoms with van der Waals surface area (Å²) in [5, 5.41) is 4.92. The second-order valence-electron chi connectivity index (χ2n) is 6.22. The number of ether oxygens (including phenoxy) is 3. The van der Waals surface area contributed by atoms with Gasteiger partial charge in [0.1, 0.15) is 5.00 Å². The van der Waals surface area contributed by atoms with E-state index in [9.17, 15) is 4.79 Å². The van der Waals surface area contributed by atoms with Crippen LogP contribution < -0.4 is 14.8 Å². The summed E-state index contributed by atoms with van der Waals surface area (Å²) in [6, 6.07) is 3.83. The number of carbonyl (C=O) groups excluding carboxylic acids is 1. The van der Waals surface area contributed by atoms with Gasteiger partial charge in [-0.1, -0.05) is 11.3 Å². The number of benzene rings is 1. The molecule has 5 rings (SSSR count). The average Bonchev–Trinajstić information content (AvgIpc) is 3.34. The Bertz CT molecular complexity index is 983. The van der Waals surface area contributed by atoms with Crippen molar-refractivity contribution < 1.29 is 19.0 Å². The van der Waals surface area contributed by atoms with Crippen molar-refractivity contribution in [2.45, 2.75) is 25.7 Å². The number of anilines is 2. The Kier molecular flexibility index (Phi) is 3.75. The van der Waals surface area contributed by atoms with E-state index in [2.05, 4.69) is 10.3 Å². The van der Waals surface area contributed by atoms with Gasteiger partial charge in [-0.15, -0.1) is 11.3 Å². The van der Waals surface area contributed by atoms with E-state index in [1.165, 1.54) is 29.7 Å². The van der Waals surface area contributed by atoms with Gasteiger partial charge in [0.2, 0.25) is 6.79 Å². The van der Waals surface area contributed by atoms with Gasteiger partial charge in [-0.05, 0) is 31.2 Å². The van der Waals surface area contributed by atoms with E-state index >= 15 is 0 Å². The van der Waals surface area contributed by atoms with Gasteiger partial charge in [-0.3, -0.25) is 0 Å². The third kappa shape index (κ3) is 2.52. The number of thiazole rings is 1. The maximum Gasteiger partial charge on any atom is 0.341 e. The van der Waals surface area contributed by atoms with Crippen molar-refractivity contribution in [3.63, 3.8) is 0 Å². The highest BCUT2D eigenvalue weighted by molar-refractivity contribution is 7.23. The number of rotatable bonds is 3. The highest BCUT2D eigenvalue weighted by atomic mass is 32.1. The zero-order valence-corrected chi connectivity index (χ0v) is 15.7. The van der Waals surface area contributed by atoms with Crippen LogP contribution in [-0.4, -0.2) is 24.9 Å². The molecule has 0 unspecified atom stereocenters. The summed E-state index contributed by atoms with van der Waals surface area (Å²) in [6.45, 7) is 0.251. The van der Waals surface area contributed by atoms with Gasteiger partial charge in [-0.25, -0.2) is 9.78 Å². The Balaban J connectivity index is 1.54. The number of hydrogen-bond acceptors (Lipinski definition) is 8. The zero-order valence-electron chi connectivity index (χ0n) is 14.1. The third-order valence-electron chi connectivity index (χ3n) is 4.66. The molecule has 1 aromatic carbocycles. The second kappa shape index (κ2) is 6.14. The molecule has 1 aliphatic carbocycles. The summed E-state index contributed by atoms with van der Waals surface area (Å²) in [5.74, 6) is 1.18. The fraction of sp³-hybridized carbons (Fsp3) is 0.333. The number of hydrogen-bond donors (Lipinski definition) is 1. The van der Waals surface area contributed by atoms with Crippen molar-refractivity contribution in [1.29, 1.82) is 0 Å². The lowest BCUT2D eigenvalue weighted by Crippen LogP contribution is -2.09. The summed E-state index contributed by atoms with van der Waals surface area (Å²) in [6.07, 6.45) is 4.23. The molecule has 0 saturated heterocycles. The summed E-state index contributed by atoms with van der Waals surface area (Å²) in [5.41, 5.74) is 2.65. The largest absolute Gasteiger partial charge is 0.465 e. The minimum Gasteiger partial charge on any atom is -0.465 e. The van der Waals surface area contributed by atoms with Gasteiger partial charge in [0, 0.05) is 17.0 Å². The van der Waals surface area contributed by atoms with E-state index in [0.29, 0.717) is 5.56 Å². The Morgan fingerprint density at radius 3 is 2.85 bits per heavy atom. The molecule has 6 nitrogen and oxygen atoms in total. The normalized spacial score (nSPS) is 15.1. The summed E-state index contributed by atoms with van der Waals surface area (Å²) >= 11 is 3.17. The van der Waals surface area contributed by atoms with Crippen molar-refractivity contribution in [3.8, 4) is 11.5 Å². The Hall–Kier alpha value is -2.32. The molecule has 26 heavy (non-hydrogen) atoms. The average molecular weight is 388 g/mol. The SMILES string of the molecule is COC(=O)c1c(Nc2nc3cc4c(cc3s2)OCO4)sc2c1CCCC2. The van der Waals surface area contributed by atoms with E-state index in [0.717, 1.165) is 56.7 Å². The molecule has 3 aromatic rings. The molecule has 0 atom stereocenters. The Labute approximate surface area is 157 Å². The number of nitrogens with one attached hydrogen (secondary N) is 1. The van der Waals surface area contributed by atoms with Crippen LogP contribution in [0.5, 0.6) is 11.5 Å². The first-order valence-corrected chi connectivity index (χ1v) is 10.1.